The van der Waals surface area contributed by atoms with Crippen molar-refractivity contribution in [3.8, 4) is 11.5 Å². The minimum Gasteiger partial charge on any atom is -0.486 e. The van der Waals surface area contributed by atoms with E-state index in [9.17, 15) is 8.78 Å². The molecule has 0 atom stereocenters. The fourth-order valence-corrected chi connectivity index (χ4v) is 4.37. The number of unbranched alkanes of at least 4 members (excludes halogenated alkanes) is 2. The van der Waals surface area contributed by atoms with E-state index < -0.39 is 11.6 Å². The van der Waals surface area contributed by atoms with Crippen LogP contribution in [0.2, 0.25) is 0 Å². The van der Waals surface area contributed by atoms with Crippen LogP contribution in [0.25, 0.3) is 0 Å². The number of benzene rings is 2. The van der Waals surface area contributed by atoms with Crippen LogP contribution in [0.1, 0.15) is 82.3 Å². The topological polar surface area (TPSA) is 18.5 Å². The van der Waals surface area contributed by atoms with Crippen molar-refractivity contribution in [2.45, 2.75) is 77.7 Å². The highest BCUT2D eigenvalue weighted by molar-refractivity contribution is 5.35. The molecule has 31 heavy (non-hydrogen) atoms. The first-order chi connectivity index (χ1) is 15.1. The minimum atomic E-state index is -1.05. The van der Waals surface area contributed by atoms with Crippen LogP contribution >= 0.6 is 0 Å². The predicted octanol–water partition coefficient (Wildman–Crippen LogP) is 8.31. The summed E-state index contributed by atoms with van der Waals surface area (Å²) in [6.45, 7) is 4.18. The van der Waals surface area contributed by atoms with E-state index in [1.54, 1.807) is 13.0 Å². The van der Waals surface area contributed by atoms with Crippen LogP contribution in [0.15, 0.2) is 48.7 Å². The van der Waals surface area contributed by atoms with Crippen molar-refractivity contribution in [3.63, 3.8) is 0 Å². The van der Waals surface area contributed by atoms with Crippen LogP contribution in [-0.2, 0) is 6.61 Å². The van der Waals surface area contributed by atoms with Crippen molar-refractivity contribution in [3.05, 3.63) is 71.5 Å². The quantitative estimate of drug-likeness (QED) is 0.280. The van der Waals surface area contributed by atoms with Gasteiger partial charge in [-0.3, -0.25) is 0 Å². The van der Waals surface area contributed by atoms with Crippen LogP contribution in [0.3, 0.4) is 0 Å². The summed E-state index contributed by atoms with van der Waals surface area (Å²) in [5.41, 5.74) is 2.31. The number of hydrogen-bond donors (Lipinski definition) is 0. The summed E-state index contributed by atoms with van der Waals surface area (Å²) < 4.78 is 38.9. The van der Waals surface area contributed by atoms with E-state index >= 15 is 0 Å². The fourth-order valence-electron chi connectivity index (χ4n) is 4.37. The molecule has 2 aromatic rings. The third-order valence-corrected chi connectivity index (χ3v) is 6.25. The van der Waals surface area contributed by atoms with Gasteiger partial charge in [-0.1, -0.05) is 62.9 Å². The molecule has 0 heterocycles. The lowest BCUT2D eigenvalue weighted by Crippen LogP contribution is -2.13. The van der Waals surface area contributed by atoms with Gasteiger partial charge in [-0.15, -0.1) is 0 Å². The molecule has 0 aliphatic heterocycles. The van der Waals surface area contributed by atoms with Gasteiger partial charge in [0.1, 0.15) is 6.61 Å². The van der Waals surface area contributed by atoms with Crippen molar-refractivity contribution < 1.29 is 18.3 Å². The molecule has 0 N–H and O–H groups in total. The third-order valence-electron chi connectivity index (χ3n) is 6.25. The van der Waals surface area contributed by atoms with Crippen molar-refractivity contribution in [2.24, 2.45) is 5.92 Å². The molecule has 4 heteroatoms. The molecule has 1 aliphatic carbocycles. The van der Waals surface area contributed by atoms with Gasteiger partial charge < -0.3 is 9.47 Å². The maximum absolute atomic E-state index is 14.2. The average Bonchev–Trinajstić information content (AvgIpc) is 2.80. The molecule has 2 aromatic carbocycles. The van der Waals surface area contributed by atoms with E-state index in [1.165, 1.54) is 75.3 Å². The summed E-state index contributed by atoms with van der Waals surface area (Å²) in [5.74, 6) is -0.817. The fraction of sp³-hybridized carbons (Fsp3) is 0.481. The lowest BCUT2D eigenvalue weighted by atomic mass is 9.77. The Labute approximate surface area is 185 Å². The van der Waals surface area contributed by atoms with Crippen LogP contribution < -0.4 is 9.47 Å². The number of rotatable bonds is 10. The average molecular weight is 429 g/mol. The molecule has 0 saturated heterocycles. The molecule has 1 aliphatic rings. The Bertz CT molecular complexity index is 837. The van der Waals surface area contributed by atoms with Gasteiger partial charge in [-0.2, -0.15) is 8.78 Å². The highest BCUT2D eigenvalue weighted by Crippen LogP contribution is 2.38. The first-order valence-corrected chi connectivity index (χ1v) is 11.6. The van der Waals surface area contributed by atoms with Crippen molar-refractivity contribution in [2.75, 3.05) is 0 Å². The zero-order chi connectivity index (χ0) is 22.1. The Kier molecular flexibility index (Phi) is 8.93. The summed E-state index contributed by atoms with van der Waals surface area (Å²) in [7, 11) is 0. The molecule has 0 unspecified atom stereocenters. The highest BCUT2D eigenvalue weighted by atomic mass is 19.2. The van der Waals surface area contributed by atoms with Crippen molar-refractivity contribution >= 4 is 0 Å². The van der Waals surface area contributed by atoms with Gasteiger partial charge in [0.25, 0.3) is 0 Å². The maximum atomic E-state index is 14.2. The summed E-state index contributed by atoms with van der Waals surface area (Å²) in [6, 6.07) is 11.1. The zero-order valence-corrected chi connectivity index (χ0v) is 18.7. The first kappa shape index (κ1) is 23.3. The van der Waals surface area contributed by atoms with E-state index in [0.717, 1.165) is 11.5 Å². The Hall–Kier alpha value is -2.36. The number of ether oxygens (including phenoxy) is 2. The van der Waals surface area contributed by atoms with Crippen LogP contribution in [0.5, 0.6) is 11.5 Å². The molecule has 1 saturated carbocycles. The number of halogens is 2. The van der Waals surface area contributed by atoms with E-state index in [2.05, 4.69) is 19.1 Å². The monoisotopic (exact) mass is 428 g/mol. The van der Waals surface area contributed by atoms with Crippen LogP contribution in [0, 0.1) is 17.6 Å². The smallest absolute Gasteiger partial charge is 0.205 e. The van der Waals surface area contributed by atoms with Gasteiger partial charge in [0.2, 0.25) is 11.6 Å². The normalized spacial score (nSPS) is 19.0. The lowest BCUT2D eigenvalue weighted by Gasteiger charge is -2.29. The van der Waals surface area contributed by atoms with Gasteiger partial charge >= 0.3 is 0 Å². The molecule has 2 nitrogen and oxygen atoms in total. The SMILES string of the molecule is CC=COc1ccc(OCc2ccc(C3CCC(CCCCC)CC3)cc2)c(F)c1F. The van der Waals surface area contributed by atoms with Gasteiger partial charge in [0, 0.05) is 0 Å². The van der Waals surface area contributed by atoms with E-state index in [4.69, 9.17) is 9.47 Å². The standard InChI is InChI=1S/C27H34F2O2/c1-3-5-6-7-20-8-12-22(13-9-20)23-14-10-21(11-15-23)19-31-25-17-16-24(30-18-4-2)26(28)27(25)29/h4,10-11,14-18,20,22H,3,5-9,12-13,19H2,1-2H3. The van der Waals surface area contributed by atoms with Gasteiger partial charge in [0.05, 0.1) is 6.26 Å². The molecular formula is C27H34F2O2. The molecular weight excluding hydrogens is 394 g/mol. The Morgan fingerprint density at radius 2 is 1.58 bits per heavy atom. The number of allylic oxidation sites excluding steroid dienone is 1. The first-order valence-electron chi connectivity index (χ1n) is 11.6. The molecule has 0 bridgehead atoms. The van der Waals surface area contributed by atoms with E-state index in [-0.39, 0.29) is 18.1 Å². The molecule has 0 radical (unpaired) electrons. The Morgan fingerprint density at radius 1 is 0.903 bits per heavy atom. The second kappa shape index (κ2) is 11.9. The lowest BCUT2D eigenvalue weighted by molar-refractivity contribution is 0.281. The van der Waals surface area contributed by atoms with Crippen molar-refractivity contribution in [1.29, 1.82) is 0 Å². The molecule has 0 aromatic heterocycles. The predicted molar refractivity (Wildman–Crippen MR) is 121 cm³/mol. The Morgan fingerprint density at radius 3 is 2.26 bits per heavy atom. The highest BCUT2D eigenvalue weighted by Gasteiger charge is 2.22. The van der Waals surface area contributed by atoms with E-state index in [1.807, 2.05) is 12.1 Å². The summed E-state index contributed by atoms with van der Waals surface area (Å²) >= 11 is 0. The second-order valence-electron chi connectivity index (χ2n) is 8.52. The molecule has 0 spiro atoms. The second-order valence-corrected chi connectivity index (χ2v) is 8.52. The summed E-state index contributed by atoms with van der Waals surface area (Å²) in [5, 5.41) is 0. The maximum Gasteiger partial charge on any atom is 0.205 e. The van der Waals surface area contributed by atoms with Crippen molar-refractivity contribution in [1.82, 2.24) is 0 Å². The summed E-state index contributed by atoms with van der Waals surface area (Å²) in [6.07, 6.45) is 13.5. The molecule has 168 valence electrons. The van der Waals surface area contributed by atoms with Gasteiger partial charge in [-0.05, 0) is 67.7 Å². The van der Waals surface area contributed by atoms with Gasteiger partial charge in [0.15, 0.2) is 11.5 Å². The van der Waals surface area contributed by atoms with Crippen LogP contribution in [0.4, 0.5) is 8.78 Å². The van der Waals surface area contributed by atoms with E-state index in [0.29, 0.717) is 5.92 Å². The minimum absolute atomic E-state index is 0.115. The zero-order valence-electron chi connectivity index (χ0n) is 18.7. The molecule has 3 rings (SSSR count). The Balaban J connectivity index is 1.51. The van der Waals surface area contributed by atoms with Gasteiger partial charge in [-0.25, -0.2) is 0 Å². The molecule has 1 fully saturated rings. The number of hydrogen-bond acceptors (Lipinski definition) is 2. The third kappa shape index (κ3) is 6.56. The molecule has 0 amide bonds. The summed E-state index contributed by atoms with van der Waals surface area (Å²) in [4.78, 5) is 0. The largest absolute Gasteiger partial charge is 0.486 e. The van der Waals surface area contributed by atoms with Crippen LogP contribution in [-0.4, -0.2) is 0 Å².